The Balaban J connectivity index is 1.77. The van der Waals surface area contributed by atoms with Crippen LogP contribution >= 0.6 is 11.3 Å². The summed E-state index contributed by atoms with van der Waals surface area (Å²) < 4.78 is 54.9. The van der Waals surface area contributed by atoms with Gasteiger partial charge in [0.2, 0.25) is 0 Å². The monoisotopic (exact) mass is 527 g/mol. The predicted molar refractivity (Wildman–Crippen MR) is 138 cm³/mol. The van der Waals surface area contributed by atoms with Gasteiger partial charge in [-0.25, -0.2) is 14.2 Å². The van der Waals surface area contributed by atoms with E-state index in [9.17, 15) is 22.4 Å². The summed E-state index contributed by atoms with van der Waals surface area (Å²) in [6.07, 6.45) is -3.15. The van der Waals surface area contributed by atoms with E-state index >= 15 is 0 Å². The molecule has 11 heteroatoms. The van der Waals surface area contributed by atoms with E-state index in [-0.39, 0.29) is 11.5 Å². The van der Waals surface area contributed by atoms with E-state index in [1.54, 1.807) is 32.2 Å². The Kier molecular flexibility index (Phi) is 6.58. The van der Waals surface area contributed by atoms with Gasteiger partial charge >= 0.3 is 12.2 Å². The second-order valence-electron chi connectivity index (χ2n) is 8.77. The fraction of sp³-hybridized carbons (Fsp3) is 0.154. The van der Waals surface area contributed by atoms with Gasteiger partial charge in [0.05, 0.1) is 32.7 Å². The number of amides is 2. The van der Waals surface area contributed by atoms with Crippen LogP contribution in [0.4, 0.5) is 39.5 Å². The van der Waals surface area contributed by atoms with Crippen LogP contribution in [0.1, 0.15) is 25.0 Å². The highest BCUT2D eigenvalue weighted by Crippen LogP contribution is 2.40. The highest BCUT2D eigenvalue weighted by Gasteiger charge is 2.32. The zero-order chi connectivity index (χ0) is 27.1. The highest BCUT2D eigenvalue weighted by atomic mass is 32.1. The largest absolute Gasteiger partial charge is 0.416 e. The number of carbonyl (C=O) groups excluding carboxylic acids is 1. The number of alkyl halides is 3. The SMILES string of the molecule is CC(C)(N)C#Cc1cnc(N)c2c(-c3ccc(N(C(N)=O)c4cc(C(F)(F)F)ccc4F)cc3)csc12. The van der Waals surface area contributed by atoms with Gasteiger partial charge < -0.3 is 17.2 Å². The number of aromatic nitrogens is 1. The number of rotatable bonds is 3. The summed E-state index contributed by atoms with van der Waals surface area (Å²) >= 11 is 1.41. The molecule has 2 heterocycles. The number of halogens is 4. The lowest BCUT2D eigenvalue weighted by Gasteiger charge is -2.22. The zero-order valence-corrected chi connectivity index (χ0v) is 20.5. The molecule has 0 atom stereocenters. The maximum atomic E-state index is 14.5. The maximum absolute atomic E-state index is 14.5. The molecule has 0 bridgehead atoms. The predicted octanol–water partition coefficient (Wildman–Crippen LogP) is 6.01. The Labute approximate surface area is 213 Å². The van der Waals surface area contributed by atoms with Gasteiger partial charge in [0, 0.05) is 17.1 Å². The van der Waals surface area contributed by atoms with Crippen LogP contribution in [0.5, 0.6) is 0 Å². The van der Waals surface area contributed by atoms with Crippen molar-refractivity contribution in [3.05, 3.63) is 71.0 Å². The third-order valence-electron chi connectivity index (χ3n) is 5.32. The summed E-state index contributed by atoms with van der Waals surface area (Å²) in [6, 6.07) is 6.78. The molecular formula is C26H21F4N5OS. The average Bonchev–Trinajstić information content (AvgIpc) is 3.25. The Morgan fingerprint density at radius 1 is 1.11 bits per heavy atom. The number of hydrogen-bond donors (Lipinski definition) is 3. The van der Waals surface area contributed by atoms with Crippen molar-refractivity contribution in [1.82, 2.24) is 4.98 Å². The molecule has 4 rings (SSSR count). The second kappa shape index (κ2) is 9.38. The number of nitrogens with zero attached hydrogens (tertiary/aromatic N) is 2. The molecule has 0 radical (unpaired) electrons. The topological polar surface area (TPSA) is 111 Å². The van der Waals surface area contributed by atoms with Crippen molar-refractivity contribution in [3.63, 3.8) is 0 Å². The van der Waals surface area contributed by atoms with Crippen molar-refractivity contribution in [2.24, 2.45) is 11.5 Å². The van der Waals surface area contributed by atoms with Gasteiger partial charge in [-0.05, 0) is 55.1 Å². The number of benzene rings is 2. The third-order valence-corrected chi connectivity index (χ3v) is 6.33. The molecule has 0 aliphatic carbocycles. The van der Waals surface area contributed by atoms with Crippen LogP contribution in [-0.4, -0.2) is 16.6 Å². The van der Waals surface area contributed by atoms with Crippen molar-refractivity contribution < 1.29 is 22.4 Å². The van der Waals surface area contributed by atoms with Crippen LogP contribution in [-0.2, 0) is 6.18 Å². The molecule has 6 N–H and O–H groups in total. The molecule has 2 aromatic heterocycles. The van der Waals surface area contributed by atoms with E-state index in [0.717, 1.165) is 10.3 Å². The number of anilines is 3. The Morgan fingerprint density at radius 3 is 2.38 bits per heavy atom. The molecule has 0 saturated heterocycles. The van der Waals surface area contributed by atoms with Gasteiger partial charge in [-0.15, -0.1) is 11.3 Å². The van der Waals surface area contributed by atoms with E-state index < -0.39 is 34.8 Å². The Hall–Kier alpha value is -4.14. The fourth-order valence-corrected chi connectivity index (χ4v) is 4.69. The second-order valence-corrected chi connectivity index (χ2v) is 9.65. The first-order valence-corrected chi connectivity index (χ1v) is 11.7. The van der Waals surface area contributed by atoms with Crippen molar-refractivity contribution in [3.8, 4) is 23.0 Å². The molecule has 0 saturated carbocycles. The van der Waals surface area contributed by atoms with Crippen molar-refractivity contribution in [2.75, 3.05) is 10.6 Å². The zero-order valence-electron chi connectivity index (χ0n) is 19.7. The fourth-order valence-electron chi connectivity index (χ4n) is 3.63. The van der Waals surface area contributed by atoms with Gasteiger partial charge in [0.1, 0.15) is 11.6 Å². The molecule has 2 aromatic carbocycles. The standard InChI is InChI=1S/C26H21F4N5OS/c1-25(2,33)10-9-15-12-34-23(31)21-18(13-37-22(15)21)14-3-6-17(7-4-14)35(24(32)36)20-11-16(26(28,29)30)5-8-19(20)27/h3-8,11-13H,33H2,1-2H3,(H2,31,34)(H2,32,36). The number of hydrogen-bond acceptors (Lipinski definition) is 5. The summed E-state index contributed by atoms with van der Waals surface area (Å²) in [6.45, 7) is 3.56. The third kappa shape index (κ3) is 5.35. The van der Waals surface area contributed by atoms with Gasteiger partial charge in [-0.1, -0.05) is 24.0 Å². The van der Waals surface area contributed by atoms with Crippen LogP contribution in [0.2, 0.25) is 0 Å². The van der Waals surface area contributed by atoms with Crippen LogP contribution < -0.4 is 22.1 Å². The number of pyridine rings is 1. The molecule has 0 fully saturated rings. The van der Waals surface area contributed by atoms with Crippen LogP contribution in [0.3, 0.4) is 0 Å². The number of nitrogen functional groups attached to an aromatic ring is 1. The minimum Gasteiger partial charge on any atom is -0.383 e. The van der Waals surface area contributed by atoms with E-state index in [2.05, 4.69) is 16.8 Å². The van der Waals surface area contributed by atoms with E-state index in [1.807, 2.05) is 5.38 Å². The highest BCUT2D eigenvalue weighted by molar-refractivity contribution is 7.18. The molecule has 37 heavy (non-hydrogen) atoms. The van der Waals surface area contributed by atoms with E-state index in [1.165, 1.54) is 23.5 Å². The lowest BCUT2D eigenvalue weighted by molar-refractivity contribution is -0.137. The molecule has 4 aromatic rings. The molecular weight excluding hydrogens is 506 g/mol. The van der Waals surface area contributed by atoms with E-state index in [4.69, 9.17) is 17.2 Å². The first-order chi connectivity index (χ1) is 17.3. The number of thiophene rings is 1. The van der Waals surface area contributed by atoms with Gasteiger partial charge in [-0.2, -0.15) is 13.2 Å². The lowest BCUT2D eigenvalue weighted by Crippen LogP contribution is -2.32. The minimum atomic E-state index is -4.73. The summed E-state index contributed by atoms with van der Waals surface area (Å²) in [5, 5.41) is 2.55. The Bertz CT molecular complexity index is 1560. The van der Waals surface area contributed by atoms with Crippen LogP contribution in [0.15, 0.2) is 54.0 Å². The van der Waals surface area contributed by atoms with Crippen LogP contribution in [0.25, 0.3) is 21.2 Å². The summed E-state index contributed by atoms with van der Waals surface area (Å²) in [4.78, 5) is 17.1. The minimum absolute atomic E-state index is 0.0804. The smallest absolute Gasteiger partial charge is 0.383 e. The lowest BCUT2D eigenvalue weighted by atomic mass is 10.0. The van der Waals surface area contributed by atoms with Gasteiger partial charge in [0.25, 0.3) is 0 Å². The van der Waals surface area contributed by atoms with Crippen LogP contribution in [0, 0.1) is 17.7 Å². The number of fused-ring (bicyclic) bond motifs is 1. The van der Waals surface area contributed by atoms with Gasteiger partial charge in [-0.3, -0.25) is 4.90 Å². The normalized spacial score (nSPS) is 11.8. The van der Waals surface area contributed by atoms with Crippen molar-refractivity contribution in [2.45, 2.75) is 25.6 Å². The van der Waals surface area contributed by atoms with Crippen molar-refractivity contribution >= 4 is 44.6 Å². The Morgan fingerprint density at radius 2 is 1.78 bits per heavy atom. The first kappa shape index (κ1) is 25.9. The first-order valence-electron chi connectivity index (χ1n) is 10.8. The number of primary amides is 1. The van der Waals surface area contributed by atoms with Gasteiger partial charge in [0.15, 0.2) is 0 Å². The molecule has 0 aliphatic rings. The number of urea groups is 1. The summed E-state index contributed by atoms with van der Waals surface area (Å²) in [7, 11) is 0. The molecule has 0 spiro atoms. The molecule has 6 nitrogen and oxygen atoms in total. The molecule has 0 unspecified atom stereocenters. The molecule has 2 amide bonds. The summed E-state index contributed by atoms with van der Waals surface area (Å²) in [5.74, 6) is 5.26. The molecule has 0 aliphatic heterocycles. The van der Waals surface area contributed by atoms with Crippen molar-refractivity contribution in [1.29, 1.82) is 0 Å². The van der Waals surface area contributed by atoms with E-state index in [0.29, 0.717) is 39.6 Å². The molecule has 190 valence electrons. The number of carbonyl (C=O) groups is 1. The number of nitrogens with two attached hydrogens (primary N) is 3. The quantitative estimate of drug-likeness (QED) is 0.224. The average molecular weight is 528 g/mol. The maximum Gasteiger partial charge on any atom is 0.416 e. The summed E-state index contributed by atoms with van der Waals surface area (Å²) in [5.41, 5.74) is 17.3.